The molecule has 0 unspecified atom stereocenters. The van der Waals surface area contributed by atoms with E-state index in [0.717, 1.165) is 35.4 Å². The molecule has 0 N–H and O–H groups in total. The normalized spacial score (nSPS) is 16.4. The number of hydrogen-bond donors (Lipinski definition) is 0. The zero-order valence-corrected chi connectivity index (χ0v) is 14.4. The first-order valence-electron chi connectivity index (χ1n) is 8.55. The highest BCUT2D eigenvalue weighted by atomic mass is 19.4. The number of halogens is 6. The highest BCUT2D eigenvalue weighted by Gasteiger charge is 2.43. The van der Waals surface area contributed by atoms with E-state index in [9.17, 15) is 35.9 Å². The predicted octanol–water partition coefficient (Wildman–Crippen LogP) is 4.56. The highest BCUT2D eigenvalue weighted by molar-refractivity contribution is 6.00. The van der Waals surface area contributed by atoms with E-state index in [1.54, 1.807) is 0 Å². The van der Waals surface area contributed by atoms with Gasteiger partial charge in [0.1, 0.15) is 0 Å². The second-order valence-corrected chi connectivity index (χ2v) is 6.65. The Balaban J connectivity index is 1.75. The number of piperidine rings is 1. The van der Waals surface area contributed by atoms with Crippen LogP contribution in [0.3, 0.4) is 0 Å². The Bertz CT molecular complexity index is 658. The number of carbonyl (C=O) groups is 2. The summed E-state index contributed by atoms with van der Waals surface area (Å²) < 4.78 is 74.2. The maximum Gasteiger partial charge on any atom is 0.471 e. The molecule has 0 spiro atoms. The van der Waals surface area contributed by atoms with Crippen LogP contribution >= 0.6 is 0 Å². The van der Waals surface area contributed by atoms with Crippen LogP contribution in [0.25, 0.3) is 0 Å². The Morgan fingerprint density at radius 3 is 1.96 bits per heavy atom. The molecule has 1 amide bonds. The van der Waals surface area contributed by atoms with E-state index in [1.165, 1.54) is 12.1 Å². The number of aryl methyl sites for hydroxylation is 1. The minimum atomic E-state index is -4.90. The lowest BCUT2D eigenvalue weighted by Crippen LogP contribution is -2.45. The minimum absolute atomic E-state index is 0.0806. The molecule has 2 rings (SSSR count). The van der Waals surface area contributed by atoms with Crippen LogP contribution in [-0.2, 0) is 11.2 Å². The van der Waals surface area contributed by atoms with Crippen molar-refractivity contribution in [2.24, 2.45) is 5.92 Å². The molecular formula is C18H19F6NO2. The molecule has 1 fully saturated rings. The molecule has 0 aromatic heterocycles. The quantitative estimate of drug-likeness (QED) is 0.542. The number of alkyl halides is 6. The lowest BCUT2D eigenvalue weighted by atomic mass is 9.90. The summed E-state index contributed by atoms with van der Waals surface area (Å²) in [6, 6.07) is 5.24. The van der Waals surface area contributed by atoms with Crippen LogP contribution < -0.4 is 0 Å². The van der Waals surface area contributed by atoms with Crippen LogP contribution in [0.1, 0.15) is 41.6 Å². The molecule has 0 radical (unpaired) electrons. The Kier molecular flexibility index (Phi) is 6.54. The van der Waals surface area contributed by atoms with Gasteiger partial charge in [0.2, 0.25) is 0 Å². The zero-order valence-electron chi connectivity index (χ0n) is 14.4. The van der Waals surface area contributed by atoms with E-state index < -0.39 is 29.6 Å². The summed E-state index contributed by atoms with van der Waals surface area (Å²) in [4.78, 5) is 23.1. The van der Waals surface area contributed by atoms with Gasteiger partial charge in [0, 0.05) is 18.7 Å². The third-order valence-corrected chi connectivity index (χ3v) is 4.70. The van der Waals surface area contributed by atoms with E-state index in [-0.39, 0.29) is 19.0 Å². The van der Waals surface area contributed by atoms with Crippen molar-refractivity contribution in [3.8, 4) is 0 Å². The molecule has 1 aliphatic rings. The monoisotopic (exact) mass is 395 g/mol. The van der Waals surface area contributed by atoms with Gasteiger partial charge in [-0.1, -0.05) is 24.3 Å². The first kappa shape index (κ1) is 21.2. The van der Waals surface area contributed by atoms with Crippen molar-refractivity contribution < 1.29 is 35.9 Å². The van der Waals surface area contributed by atoms with Crippen LogP contribution in [0.4, 0.5) is 26.3 Å². The Morgan fingerprint density at radius 2 is 1.48 bits per heavy atom. The van der Waals surface area contributed by atoms with Gasteiger partial charge in [-0.3, -0.25) is 9.59 Å². The van der Waals surface area contributed by atoms with E-state index in [4.69, 9.17) is 0 Å². The summed E-state index contributed by atoms with van der Waals surface area (Å²) in [5.74, 6) is -3.46. The number of ketones is 1. The van der Waals surface area contributed by atoms with Crippen molar-refractivity contribution in [2.45, 2.75) is 44.5 Å². The van der Waals surface area contributed by atoms with Gasteiger partial charge < -0.3 is 4.90 Å². The molecule has 0 saturated carbocycles. The van der Waals surface area contributed by atoms with Crippen LogP contribution in [0.2, 0.25) is 0 Å². The van der Waals surface area contributed by atoms with Gasteiger partial charge in [-0.05, 0) is 43.6 Å². The number of carbonyl (C=O) groups excluding carboxylic acids is 2. The molecular weight excluding hydrogens is 376 g/mol. The van der Waals surface area contributed by atoms with Crippen molar-refractivity contribution in [3.63, 3.8) is 0 Å². The van der Waals surface area contributed by atoms with Gasteiger partial charge in [0.05, 0.1) is 0 Å². The molecule has 1 aliphatic heterocycles. The van der Waals surface area contributed by atoms with Gasteiger partial charge in [-0.25, -0.2) is 0 Å². The summed E-state index contributed by atoms with van der Waals surface area (Å²) in [5, 5.41) is 0. The van der Waals surface area contributed by atoms with E-state index in [2.05, 4.69) is 0 Å². The molecule has 0 aliphatic carbocycles. The van der Waals surface area contributed by atoms with Gasteiger partial charge in [-0.2, -0.15) is 26.3 Å². The van der Waals surface area contributed by atoms with Crippen molar-refractivity contribution in [1.82, 2.24) is 4.90 Å². The molecule has 1 aromatic rings. The fourth-order valence-corrected chi connectivity index (χ4v) is 3.19. The number of hydrogen-bond acceptors (Lipinski definition) is 2. The maximum absolute atomic E-state index is 12.4. The summed E-state index contributed by atoms with van der Waals surface area (Å²) in [6.45, 7) is 0.161. The zero-order chi connectivity index (χ0) is 20.2. The van der Waals surface area contributed by atoms with Crippen molar-refractivity contribution in [2.75, 3.05) is 13.1 Å². The van der Waals surface area contributed by atoms with Crippen LogP contribution in [0.5, 0.6) is 0 Å². The first-order valence-corrected chi connectivity index (χ1v) is 8.55. The third-order valence-electron chi connectivity index (χ3n) is 4.70. The number of benzene rings is 1. The SMILES string of the molecule is O=C(c1ccc(CCCC2CCN(C(=O)C(F)(F)F)CC2)cc1)C(F)(F)F. The fourth-order valence-electron chi connectivity index (χ4n) is 3.19. The lowest BCUT2D eigenvalue weighted by Gasteiger charge is -2.32. The molecule has 1 heterocycles. The van der Waals surface area contributed by atoms with E-state index in [1.807, 2.05) is 0 Å². The summed E-state index contributed by atoms with van der Waals surface area (Å²) in [7, 11) is 0. The van der Waals surface area contributed by atoms with Crippen molar-refractivity contribution in [3.05, 3.63) is 35.4 Å². The molecule has 1 saturated heterocycles. The smallest absolute Gasteiger partial charge is 0.335 e. The summed E-state index contributed by atoms with van der Waals surface area (Å²) in [5.41, 5.74) is 0.381. The molecule has 0 atom stereocenters. The van der Waals surface area contributed by atoms with Gasteiger partial charge in [0.25, 0.3) is 5.78 Å². The Morgan fingerprint density at radius 1 is 0.926 bits per heavy atom. The molecule has 3 nitrogen and oxygen atoms in total. The van der Waals surface area contributed by atoms with Crippen molar-refractivity contribution >= 4 is 11.7 Å². The number of rotatable bonds is 5. The average molecular weight is 395 g/mol. The fraction of sp³-hybridized carbons (Fsp3) is 0.556. The second-order valence-electron chi connectivity index (χ2n) is 6.65. The minimum Gasteiger partial charge on any atom is -0.335 e. The third kappa shape index (κ3) is 5.97. The lowest BCUT2D eigenvalue weighted by molar-refractivity contribution is -0.186. The Labute approximate surface area is 152 Å². The van der Waals surface area contributed by atoms with Crippen LogP contribution in [0.15, 0.2) is 24.3 Å². The molecule has 0 bridgehead atoms. The van der Waals surface area contributed by atoms with E-state index >= 15 is 0 Å². The number of Topliss-reactive ketones (excluding diaryl/α,β-unsaturated/α-hetero) is 1. The average Bonchev–Trinajstić information content (AvgIpc) is 2.60. The van der Waals surface area contributed by atoms with Gasteiger partial charge >= 0.3 is 18.3 Å². The molecule has 1 aromatic carbocycles. The molecule has 9 heteroatoms. The van der Waals surface area contributed by atoms with Crippen molar-refractivity contribution in [1.29, 1.82) is 0 Å². The second kappa shape index (κ2) is 8.31. The highest BCUT2D eigenvalue weighted by Crippen LogP contribution is 2.27. The van der Waals surface area contributed by atoms with Gasteiger partial charge in [-0.15, -0.1) is 0 Å². The predicted molar refractivity (Wildman–Crippen MR) is 85.1 cm³/mol. The van der Waals surface area contributed by atoms with Crippen LogP contribution in [-0.4, -0.2) is 42.0 Å². The number of nitrogens with zero attached hydrogens (tertiary/aromatic N) is 1. The topological polar surface area (TPSA) is 37.4 Å². The van der Waals surface area contributed by atoms with E-state index in [0.29, 0.717) is 19.3 Å². The standard InChI is InChI=1S/C18H19F6NO2/c19-17(20,21)15(26)14-6-4-12(5-7-14)2-1-3-13-8-10-25(11-9-13)16(27)18(22,23)24/h4-7,13H,1-3,8-11H2. The first-order chi connectivity index (χ1) is 12.5. The Hall–Kier alpha value is -2.06. The summed E-state index contributed by atoms with van der Waals surface area (Å²) >= 11 is 0. The molecule has 150 valence electrons. The molecule has 27 heavy (non-hydrogen) atoms. The maximum atomic E-state index is 12.4. The number of likely N-dealkylation sites (tertiary alicyclic amines) is 1. The van der Waals surface area contributed by atoms with Gasteiger partial charge in [0.15, 0.2) is 0 Å². The largest absolute Gasteiger partial charge is 0.471 e. The summed E-state index contributed by atoms with van der Waals surface area (Å²) in [6.07, 6.45) is -6.65. The van der Waals surface area contributed by atoms with Crippen LogP contribution in [0, 0.1) is 5.92 Å². The number of amides is 1.